The molecule has 7 nitrogen and oxygen atoms in total. The predicted octanol–water partition coefficient (Wildman–Crippen LogP) is 3.33. The van der Waals surface area contributed by atoms with Gasteiger partial charge in [0.1, 0.15) is 0 Å². The van der Waals surface area contributed by atoms with Crippen LogP contribution >= 0.6 is 0 Å². The molecule has 0 aromatic heterocycles. The number of anilines is 1. The van der Waals surface area contributed by atoms with Crippen molar-refractivity contribution in [2.45, 2.75) is 19.1 Å². The number of nitrogens with one attached hydrogen (secondary N) is 2. The molecule has 2 unspecified atom stereocenters. The average molecular weight is 445 g/mol. The lowest BCUT2D eigenvalue weighted by Gasteiger charge is -2.34. The Kier molecular flexibility index (Phi) is 7.77. The molecule has 0 saturated carbocycles. The van der Waals surface area contributed by atoms with Gasteiger partial charge in [-0.15, -0.1) is 0 Å². The van der Waals surface area contributed by atoms with Gasteiger partial charge in [0.05, 0.1) is 18.8 Å². The van der Waals surface area contributed by atoms with Crippen LogP contribution < -0.4 is 15.5 Å². The van der Waals surface area contributed by atoms with E-state index in [1.807, 2.05) is 31.2 Å². The number of amides is 2. The van der Waals surface area contributed by atoms with Crippen LogP contribution in [0.3, 0.4) is 0 Å². The first-order valence-electron chi connectivity index (χ1n) is 10.2. The molecular weight excluding hydrogens is 420 g/mol. The maximum atomic E-state index is 13.3. The molecule has 3 rings (SSSR count). The van der Waals surface area contributed by atoms with Crippen molar-refractivity contribution in [1.29, 1.82) is 0 Å². The molecule has 2 aromatic carbocycles. The standard InChI is InChI=1S/C23H25F2N3O4/c1-15(27-22(29)8-6-16-5-7-20(24)21(25)11-16)17-3-2-4-18(12-17)28-9-10-32-19(14-28)13-26-23(30)31/h2-8,11-12,15,19,26H,9-10,13-14H2,1H3,(H,27,29)(H,30,31)/b8-6+. The van der Waals surface area contributed by atoms with Crippen LogP contribution in [0.4, 0.5) is 19.3 Å². The second-order valence-electron chi connectivity index (χ2n) is 7.46. The zero-order valence-electron chi connectivity index (χ0n) is 17.6. The van der Waals surface area contributed by atoms with Crippen molar-refractivity contribution < 1.29 is 28.2 Å². The van der Waals surface area contributed by atoms with E-state index in [0.717, 1.165) is 23.4 Å². The third-order valence-corrected chi connectivity index (χ3v) is 5.08. The molecule has 9 heteroatoms. The second kappa shape index (κ2) is 10.7. The number of ether oxygens (including phenoxy) is 1. The van der Waals surface area contributed by atoms with Crippen LogP contribution in [0.2, 0.25) is 0 Å². The van der Waals surface area contributed by atoms with Gasteiger partial charge in [0, 0.05) is 31.4 Å². The van der Waals surface area contributed by atoms with Gasteiger partial charge in [-0.05, 0) is 48.4 Å². The highest BCUT2D eigenvalue weighted by Crippen LogP contribution is 2.23. The summed E-state index contributed by atoms with van der Waals surface area (Å²) >= 11 is 0. The Morgan fingerprint density at radius 1 is 1.25 bits per heavy atom. The molecule has 1 heterocycles. The Morgan fingerprint density at radius 3 is 2.81 bits per heavy atom. The van der Waals surface area contributed by atoms with Crippen LogP contribution in [-0.4, -0.2) is 49.5 Å². The molecule has 0 radical (unpaired) electrons. The van der Waals surface area contributed by atoms with E-state index in [4.69, 9.17) is 9.84 Å². The highest BCUT2D eigenvalue weighted by Gasteiger charge is 2.22. The summed E-state index contributed by atoms with van der Waals surface area (Å²) in [7, 11) is 0. The van der Waals surface area contributed by atoms with Gasteiger partial charge < -0.3 is 25.4 Å². The van der Waals surface area contributed by atoms with Crippen LogP contribution in [0, 0.1) is 11.6 Å². The minimum Gasteiger partial charge on any atom is -0.465 e. The van der Waals surface area contributed by atoms with E-state index in [0.29, 0.717) is 25.3 Å². The van der Waals surface area contributed by atoms with Gasteiger partial charge in [0.2, 0.25) is 5.91 Å². The van der Waals surface area contributed by atoms with E-state index in [1.54, 1.807) is 0 Å². The Morgan fingerprint density at radius 2 is 2.06 bits per heavy atom. The summed E-state index contributed by atoms with van der Waals surface area (Å²) in [4.78, 5) is 25.1. The molecule has 2 amide bonds. The number of hydrogen-bond acceptors (Lipinski definition) is 4. The van der Waals surface area contributed by atoms with E-state index >= 15 is 0 Å². The monoisotopic (exact) mass is 445 g/mol. The first kappa shape index (κ1) is 23.2. The highest BCUT2D eigenvalue weighted by molar-refractivity contribution is 5.92. The number of benzene rings is 2. The molecule has 170 valence electrons. The third-order valence-electron chi connectivity index (χ3n) is 5.08. The molecule has 3 N–H and O–H groups in total. The zero-order valence-corrected chi connectivity index (χ0v) is 17.6. The average Bonchev–Trinajstić information content (AvgIpc) is 2.78. The van der Waals surface area contributed by atoms with Crippen molar-refractivity contribution in [2.24, 2.45) is 0 Å². The molecule has 0 spiro atoms. The largest absolute Gasteiger partial charge is 0.465 e. The van der Waals surface area contributed by atoms with E-state index in [1.165, 1.54) is 18.2 Å². The van der Waals surface area contributed by atoms with Gasteiger partial charge >= 0.3 is 6.09 Å². The number of carboxylic acid groups (broad SMARTS) is 1. The Bertz CT molecular complexity index is 999. The number of rotatable bonds is 7. The quantitative estimate of drug-likeness (QED) is 0.569. The molecule has 1 fully saturated rings. The van der Waals surface area contributed by atoms with Crippen LogP contribution in [0.15, 0.2) is 48.5 Å². The van der Waals surface area contributed by atoms with E-state index in [9.17, 15) is 18.4 Å². The summed E-state index contributed by atoms with van der Waals surface area (Å²) in [6.45, 7) is 3.76. The first-order chi connectivity index (χ1) is 15.3. The van der Waals surface area contributed by atoms with Crippen molar-refractivity contribution in [3.63, 3.8) is 0 Å². The Hall–Kier alpha value is -3.46. The van der Waals surface area contributed by atoms with Crippen molar-refractivity contribution in [3.8, 4) is 0 Å². The molecule has 0 aliphatic carbocycles. The fourth-order valence-corrected chi connectivity index (χ4v) is 3.40. The molecule has 1 aliphatic rings. The smallest absolute Gasteiger partial charge is 0.404 e. The fourth-order valence-electron chi connectivity index (χ4n) is 3.40. The summed E-state index contributed by atoms with van der Waals surface area (Å²) in [5, 5.41) is 14.0. The maximum absolute atomic E-state index is 13.3. The number of morpholine rings is 1. The third kappa shape index (κ3) is 6.52. The summed E-state index contributed by atoms with van der Waals surface area (Å²) in [5.74, 6) is -2.27. The van der Waals surface area contributed by atoms with Crippen molar-refractivity contribution in [2.75, 3.05) is 31.1 Å². The molecule has 2 aromatic rings. The van der Waals surface area contributed by atoms with E-state index < -0.39 is 17.7 Å². The van der Waals surface area contributed by atoms with Gasteiger partial charge in [-0.1, -0.05) is 18.2 Å². The molecule has 1 saturated heterocycles. The summed E-state index contributed by atoms with van der Waals surface area (Å²) in [5.41, 5.74) is 2.22. The van der Waals surface area contributed by atoms with Crippen LogP contribution in [-0.2, 0) is 9.53 Å². The first-order valence-corrected chi connectivity index (χ1v) is 10.2. The molecule has 0 bridgehead atoms. The lowest BCUT2D eigenvalue weighted by Crippen LogP contribution is -2.47. The van der Waals surface area contributed by atoms with Gasteiger partial charge in [-0.3, -0.25) is 4.79 Å². The normalized spacial score (nSPS) is 17.2. The van der Waals surface area contributed by atoms with Crippen molar-refractivity contribution >= 4 is 23.8 Å². The van der Waals surface area contributed by atoms with Crippen molar-refractivity contribution in [3.05, 3.63) is 71.3 Å². The maximum Gasteiger partial charge on any atom is 0.404 e. The van der Waals surface area contributed by atoms with Gasteiger partial charge in [-0.2, -0.15) is 0 Å². The molecule has 32 heavy (non-hydrogen) atoms. The van der Waals surface area contributed by atoms with Crippen molar-refractivity contribution in [1.82, 2.24) is 10.6 Å². The Balaban J connectivity index is 1.60. The lowest BCUT2D eigenvalue weighted by molar-refractivity contribution is -0.117. The summed E-state index contributed by atoms with van der Waals surface area (Å²) in [6, 6.07) is 10.8. The summed E-state index contributed by atoms with van der Waals surface area (Å²) < 4.78 is 31.9. The zero-order chi connectivity index (χ0) is 23.1. The fraction of sp³-hybridized carbons (Fsp3) is 0.304. The van der Waals surface area contributed by atoms with Gasteiger partial charge in [-0.25, -0.2) is 13.6 Å². The van der Waals surface area contributed by atoms with E-state index in [2.05, 4.69) is 15.5 Å². The number of halogens is 2. The SMILES string of the molecule is CC(NC(=O)/C=C/c1ccc(F)c(F)c1)c1cccc(N2CCOC(CNC(=O)O)C2)c1. The van der Waals surface area contributed by atoms with Gasteiger partial charge in [0.25, 0.3) is 0 Å². The number of carbonyl (C=O) groups is 2. The van der Waals surface area contributed by atoms with Crippen LogP contribution in [0.5, 0.6) is 0 Å². The number of nitrogens with zero attached hydrogens (tertiary/aromatic N) is 1. The van der Waals surface area contributed by atoms with E-state index in [-0.39, 0.29) is 24.6 Å². The van der Waals surface area contributed by atoms with Crippen LogP contribution in [0.1, 0.15) is 24.1 Å². The topological polar surface area (TPSA) is 90.9 Å². The number of carbonyl (C=O) groups excluding carboxylic acids is 1. The minimum absolute atomic E-state index is 0.211. The molecular formula is C23H25F2N3O4. The molecule has 1 aliphatic heterocycles. The molecule has 2 atom stereocenters. The van der Waals surface area contributed by atoms with Crippen LogP contribution in [0.25, 0.3) is 6.08 Å². The predicted molar refractivity (Wildman–Crippen MR) is 116 cm³/mol. The highest BCUT2D eigenvalue weighted by atomic mass is 19.2. The number of hydrogen-bond donors (Lipinski definition) is 3. The summed E-state index contributed by atoms with van der Waals surface area (Å²) in [6.07, 6.45) is 1.35. The van der Waals surface area contributed by atoms with Gasteiger partial charge in [0.15, 0.2) is 11.6 Å². The Labute approximate surface area is 184 Å². The second-order valence-corrected chi connectivity index (χ2v) is 7.46. The lowest BCUT2D eigenvalue weighted by atomic mass is 10.1. The minimum atomic E-state index is -1.09.